The highest BCUT2D eigenvalue weighted by molar-refractivity contribution is 7.85. The molecule has 66 valence electrons. The zero-order chi connectivity index (χ0) is 8.27. The van der Waals surface area contributed by atoms with Crippen molar-refractivity contribution in [2.75, 3.05) is 26.5 Å². The Morgan fingerprint density at radius 2 is 2.36 bits per heavy atom. The summed E-state index contributed by atoms with van der Waals surface area (Å²) in [5, 5.41) is 3.34. The molecule has 1 aliphatic heterocycles. The molecule has 11 heavy (non-hydrogen) atoms. The van der Waals surface area contributed by atoms with Gasteiger partial charge >= 0.3 is 0 Å². The molecule has 0 bridgehead atoms. The zero-order valence-electron chi connectivity index (χ0n) is 7.00. The smallest absolute Gasteiger partial charge is 0.0732 e. The molecule has 0 aliphatic carbocycles. The fourth-order valence-corrected chi connectivity index (χ4v) is 2.39. The lowest BCUT2D eigenvalue weighted by Gasteiger charge is -2.29. The van der Waals surface area contributed by atoms with Crippen LogP contribution in [0.25, 0.3) is 0 Å². The van der Waals surface area contributed by atoms with Crippen molar-refractivity contribution in [2.45, 2.75) is 17.7 Å². The first-order valence-corrected chi connectivity index (χ1v) is 5.45. The average Bonchev–Trinajstić information content (AvgIpc) is 2.04. The molecule has 0 aromatic rings. The summed E-state index contributed by atoms with van der Waals surface area (Å²) in [6.07, 6.45) is 2.71. The molecule has 0 amide bonds. The molecule has 4 heteroatoms. The van der Waals surface area contributed by atoms with E-state index in [2.05, 4.69) is 5.32 Å². The van der Waals surface area contributed by atoms with E-state index >= 15 is 0 Å². The van der Waals surface area contributed by atoms with Gasteiger partial charge in [0, 0.05) is 29.7 Å². The number of nitrogens with one attached hydrogen (secondary N) is 1. The summed E-state index contributed by atoms with van der Waals surface area (Å²) in [6, 6.07) is 0.370. The summed E-state index contributed by atoms with van der Waals surface area (Å²) in [6.45, 7) is 1.42. The highest BCUT2D eigenvalue weighted by Gasteiger charge is 2.26. The molecule has 0 aromatic heterocycles. The summed E-state index contributed by atoms with van der Waals surface area (Å²) in [5.41, 5.74) is 0. The molecule has 3 atom stereocenters. The van der Waals surface area contributed by atoms with Gasteiger partial charge in [0.2, 0.25) is 0 Å². The van der Waals surface area contributed by atoms with Gasteiger partial charge in [0.1, 0.15) is 0 Å². The monoisotopic (exact) mass is 177 g/mol. The Morgan fingerprint density at radius 3 is 2.82 bits per heavy atom. The lowest BCUT2D eigenvalue weighted by atomic mass is 10.1. The van der Waals surface area contributed by atoms with Crippen LogP contribution in [0.5, 0.6) is 0 Å². The van der Waals surface area contributed by atoms with Crippen molar-refractivity contribution >= 4 is 10.8 Å². The number of rotatable bonds is 2. The Hall–Kier alpha value is 0.0700. The van der Waals surface area contributed by atoms with E-state index < -0.39 is 10.8 Å². The van der Waals surface area contributed by atoms with Gasteiger partial charge < -0.3 is 10.1 Å². The van der Waals surface area contributed by atoms with Gasteiger partial charge in [-0.15, -0.1) is 0 Å². The molecule has 1 saturated heterocycles. The van der Waals surface area contributed by atoms with Crippen molar-refractivity contribution in [3.8, 4) is 0 Å². The van der Waals surface area contributed by atoms with Crippen LogP contribution in [0.15, 0.2) is 0 Å². The topological polar surface area (TPSA) is 38.3 Å². The lowest BCUT2D eigenvalue weighted by molar-refractivity contribution is 0.0839. The van der Waals surface area contributed by atoms with Crippen LogP contribution in [0.2, 0.25) is 0 Å². The maximum absolute atomic E-state index is 11.2. The largest absolute Gasteiger partial charge is 0.380 e. The summed E-state index contributed by atoms with van der Waals surface area (Å²) in [4.78, 5) is 0. The fraction of sp³-hybridized carbons (Fsp3) is 1.00. The molecule has 0 radical (unpaired) electrons. The zero-order valence-corrected chi connectivity index (χ0v) is 7.82. The normalized spacial score (nSPS) is 35.1. The van der Waals surface area contributed by atoms with Crippen LogP contribution in [0.1, 0.15) is 6.42 Å². The van der Waals surface area contributed by atoms with E-state index in [4.69, 9.17) is 4.74 Å². The minimum Gasteiger partial charge on any atom is -0.380 e. The minimum atomic E-state index is -0.769. The highest BCUT2D eigenvalue weighted by atomic mass is 32.2. The minimum absolute atomic E-state index is 0.175. The van der Waals surface area contributed by atoms with E-state index in [1.54, 1.807) is 6.26 Å². The number of hydrogen-bond acceptors (Lipinski definition) is 3. The van der Waals surface area contributed by atoms with E-state index in [0.29, 0.717) is 12.6 Å². The van der Waals surface area contributed by atoms with Crippen LogP contribution in [0.4, 0.5) is 0 Å². The summed E-state index contributed by atoms with van der Waals surface area (Å²) >= 11 is 0. The molecule has 0 aromatic carbocycles. The van der Waals surface area contributed by atoms with Gasteiger partial charge in [0.15, 0.2) is 0 Å². The Labute approximate surface area is 70.0 Å². The van der Waals surface area contributed by atoms with Gasteiger partial charge in [0.05, 0.1) is 11.9 Å². The standard InChI is InChI=1S/C7H15NO2S/c1-8-6-3-4-10-5-7(6)11(2)9/h6-8H,3-5H2,1-2H3. The summed E-state index contributed by atoms with van der Waals surface area (Å²) in [7, 11) is 1.14. The molecule has 1 N–H and O–H groups in total. The van der Waals surface area contributed by atoms with E-state index in [0.717, 1.165) is 13.0 Å². The molecule has 3 nitrogen and oxygen atoms in total. The Bertz CT molecular complexity index is 151. The van der Waals surface area contributed by atoms with E-state index in [1.165, 1.54) is 0 Å². The van der Waals surface area contributed by atoms with Crippen molar-refractivity contribution in [3.63, 3.8) is 0 Å². The van der Waals surface area contributed by atoms with Gasteiger partial charge in [0.25, 0.3) is 0 Å². The van der Waals surface area contributed by atoms with Crippen LogP contribution >= 0.6 is 0 Å². The second-order valence-electron chi connectivity index (χ2n) is 2.80. The first kappa shape index (κ1) is 9.16. The van der Waals surface area contributed by atoms with E-state index in [1.807, 2.05) is 7.05 Å². The predicted octanol–water partition coefficient (Wildman–Crippen LogP) is -0.258. The van der Waals surface area contributed by atoms with Crippen LogP contribution in [-0.4, -0.2) is 42.0 Å². The fourth-order valence-electron chi connectivity index (χ4n) is 1.37. The first-order valence-electron chi connectivity index (χ1n) is 3.83. The molecule has 1 aliphatic rings. The van der Waals surface area contributed by atoms with E-state index in [9.17, 15) is 4.21 Å². The highest BCUT2D eigenvalue weighted by Crippen LogP contribution is 2.11. The van der Waals surface area contributed by atoms with E-state index in [-0.39, 0.29) is 5.25 Å². The second-order valence-corrected chi connectivity index (χ2v) is 4.40. The maximum Gasteiger partial charge on any atom is 0.0732 e. The molecular formula is C7H15NO2S. The second kappa shape index (κ2) is 4.18. The van der Waals surface area contributed by atoms with Gasteiger partial charge in [-0.1, -0.05) is 0 Å². The summed E-state index contributed by atoms with van der Waals surface area (Å²) < 4.78 is 16.4. The third kappa shape index (κ3) is 2.25. The van der Waals surface area contributed by atoms with Gasteiger partial charge in [-0.2, -0.15) is 0 Å². The molecule has 1 fully saturated rings. The number of hydrogen-bond donors (Lipinski definition) is 1. The molecule has 1 heterocycles. The first-order chi connectivity index (χ1) is 5.25. The van der Waals surface area contributed by atoms with Gasteiger partial charge in [-0.05, 0) is 13.5 Å². The third-order valence-electron chi connectivity index (χ3n) is 2.10. The quantitative estimate of drug-likeness (QED) is 0.631. The molecule has 1 rings (SSSR count). The van der Waals surface area contributed by atoms with Crippen molar-refractivity contribution in [1.82, 2.24) is 5.32 Å². The predicted molar refractivity (Wildman–Crippen MR) is 46.1 cm³/mol. The Kier molecular flexibility index (Phi) is 3.48. The lowest BCUT2D eigenvalue weighted by Crippen LogP contribution is -2.46. The van der Waals surface area contributed by atoms with Crippen LogP contribution < -0.4 is 5.32 Å². The molecule has 0 saturated carbocycles. The van der Waals surface area contributed by atoms with Crippen molar-refractivity contribution in [2.24, 2.45) is 0 Å². The third-order valence-corrected chi connectivity index (χ3v) is 3.42. The van der Waals surface area contributed by atoms with Crippen LogP contribution in [0.3, 0.4) is 0 Å². The van der Waals surface area contributed by atoms with Crippen LogP contribution in [0, 0.1) is 0 Å². The van der Waals surface area contributed by atoms with Gasteiger partial charge in [-0.25, -0.2) is 0 Å². The van der Waals surface area contributed by atoms with Gasteiger partial charge in [-0.3, -0.25) is 4.21 Å². The van der Waals surface area contributed by atoms with Crippen molar-refractivity contribution in [1.29, 1.82) is 0 Å². The number of ether oxygens (including phenoxy) is 1. The average molecular weight is 177 g/mol. The Morgan fingerprint density at radius 1 is 1.64 bits per heavy atom. The van der Waals surface area contributed by atoms with Crippen LogP contribution in [-0.2, 0) is 15.5 Å². The Balaban J connectivity index is 2.51. The molecule has 3 unspecified atom stereocenters. The molecular weight excluding hydrogens is 162 g/mol. The SMILES string of the molecule is CNC1CCOCC1S(C)=O. The van der Waals surface area contributed by atoms with Crippen molar-refractivity contribution in [3.05, 3.63) is 0 Å². The maximum atomic E-state index is 11.2. The van der Waals surface area contributed by atoms with Crippen molar-refractivity contribution < 1.29 is 8.95 Å². The molecule has 0 spiro atoms. The summed E-state index contributed by atoms with van der Waals surface area (Å²) in [5.74, 6) is 0.